The molecule has 1 aliphatic carbocycles. The van der Waals surface area contributed by atoms with Crippen LogP contribution in [0.5, 0.6) is 0 Å². The Morgan fingerprint density at radius 3 is 2.62 bits per heavy atom. The molecule has 2 heterocycles. The fourth-order valence-electron chi connectivity index (χ4n) is 3.44. The van der Waals surface area contributed by atoms with E-state index >= 15 is 0 Å². The van der Waals surface area contributed by atoms with Crippen molar-refractivity contribution in [3.05, 3.63) is 59.1 Å². The highest BCUT2D eigenvalue weighted by molar-refractivity contribution is 6.30. The third-order valence-corrected chi connectivity index (χ3v) is 5.02. The van der Waals surface area contributed by atoms with Gasteiger partial charge < -0.3 is 13.6 Å². The van der Waals surface area contributed by atoms with Gasteiger partial charge in [-0.25, -0.2) is 0 Å². The van der Waals surface area contributed by atoms with E-state index in [1.54, 1.807) is 24.3 Å². The summed E-state index contributed by atoms with van der Waals surface area (Å²) in [6.45, 7) is -0.0676. The van der Waals surface area contributed by atoms with Gasteiger partial charge in [0, 0.05) is 5.02 Å². The van der Waals surface area contributed by atoms with Crippen LogP contribution < -0.4 is 0 Å². The Morgan fingerprint density at radius 2 is 1.92 bits per heavy atom. The minimum Gasteiger partial charge on any atom is -0.459 e. The Kier molecular flexibility index (Phi) is 4.51. The minimum atomic E-state index is -0.631. The maximum absolute atomic E-state index is 12.9. The van der Waals surface area contributed by atoms with E-state index in [-0.39, 0.29) is 24.4 Å². The average molecular weight is 373 g/mol. The van der Waals surface area contributed by atoms with Crippen LogP contribution in [-0.4, -0.2) is 16.2 Å². The van der Waals surface area contributed by atoms with E-state index in [4.69, 9.17) is 25.2 Å². The summed E-state index contributed by atoms with van der Waals surface area (Å²) in [7, 11) is 0. The average Bonchev–Trinajstić information content (AvgIpc) is 3.41. The fourth-order valence-corrected chi connectivity index (χ4v) is 3.56. The summed E-state index contributed by atoms with van der Waals surface area (Å²) in [4.78, 5) is 12.9. The second kappa shape index (κ2) is 6.96. The van der Waals surface area contributed by atoms with Gasteiger partial charge >= 0.3 is 5.97 Å². The molecule has 1 fully saturated rings. The molecule has 0 amide bonds. The normalized spacial score (nSPS) is 15.9. The van der Waals surface area contributed by atoms with Crippen molar-refractivity contribution in [1.82, 2.24) is 10.2 Å². The molecule has 26 heavy (non-hydrogen) atoms. The fraction of sp³-hybridized carbons (Fsp3) is 0.316. The molecule has 1 aromatic carbocycles. The minimum absolute atomic E-state index is 0.0676. The molecule has 0 spiro atoms. The Labute approximate surface area is 155 Å². The van der Waals surface area contributed by atoms with Crippen LogP contribution in [0.2, 0.25) is 5.02 Å². The summed E-state index contributed by atoms with van der Waals surface area (Å²) < 4.78 is 16.2. The molecule has 2 aromatic heterocycles. The zero-order valence-electron chi connectivity index (χ0n) is 14.0. The molecule has 0 unspecified atom stereocenters. The quantitative estimate of drug-likeness (QED) is 0.612. The van der Waals surface area contributed by atoms with E-state index in [9.17, 15) is 4.79 Å². The number of carbonyl (C=O) groups excluding carboxylic acids is 1. The van der Waals surface area contributed by atoms with Crippen molar-refractivity contribution < 1.29 is 18.4 Å². The van der Waals surface area contributed by atoms with Crippen LogP contribution >= 0.6 is 11.6 Å². The van der Waals surface area contributed by atoms with Crippen LogP contribution in [-0.2, 0) is 21.6 Å². The van der Waals surface area contributed by atoms with Crippen molar-refractivity contribution in [3.63, 3.8) is 0 Å². The van der Waals surface area contributed by atoms with E-state index in [2.05, 4.69) is 10.2 Å². The Hall–Kier alpha value is -2.60. The number of carbonyl (C=O) groups is 1. The second-order valence-electron chi connectivity index (χ2n) is 6.35. The second-order valence-corrected chi connectivity index (χ2v) is 6.79. The van der Waals surface area contributed by atoms with Gasteiger partial charge in [-0.15, -0.1) is 10.2 Å². The summed E-state index contributed by atoms with van der Waals surface area (Å²) in [5, 5.41) is 8.45. The molecule has 4 rings (SSSR count). The summed E-state index contributed by atoms with van der Waals surface area (Å²) >= 11 is 5.98. The van der Waals surface area contributed by atoms with Crippen molar-refractivity contribution in [3.8, 4) is 11.7 Å². The molecule has 134 valence electrons. The zero-order valence-corrected chi connectivity index (χ0v) is 14.7. The van der Waals surface area contributed by atoms with E-state index in [0.29, 0.717) is 10.8 Å². The number of furan rings is 1. The lowest BCUT2D eigenvalue weighted by molar-refractivity contribution is -0.152. The number of hydrogen-bond acceptors (Lipinski definition) is 6. The van der Waals surface area contributed by atoms with E-state index < -0.39 is 5.41 Å². The largest absolute Gasteiger partial charge is 0.459 e. The molecular weight excluding hydrogens is 356 g/mol. The molecule has 0 radical (unpaired) electrons. The van der Waals surface area contributed by atoms with Crippen molar-refractivity contribution in [2.45, 2.75) is 37.7 Å². The Bertz CT molecular complexity index is 881. The summed E-state index contributed by atoms with van der Waals surface area (Å²) in [5.74, 6) is 0.696. The Morgan fingerprint density at radius 1 is 1.15 bits per heavy atom. The molecule has 0 bridgehead atoms. The van der Waals surface area contributed by atoms with Crippen LogP contribution in [0, 0.1) is 0 Å². The van der Waals surface area contributed by atoms with Crippen LogP contribution in [0.15, 0.2) is 51.5 Å². The molecular formula is C19H17ClN2O4. The number of halogens is 1. The number of nitrogens with zero attached hydrogens (tertiary/aromatic N) is 2. The van der Waals surface area contributed by atoms with Crippen molar-refractivity contribution >= 4 is 17.6 Å². The van der Waals surface area contributed by atoms with Gasteiger partial charge in [0.15, 0.2) is 12.4 Å². The number of aromatic nitrogens is 2. The molecule has 3 aromatic rings. The molecule has 1 aliphatic rings. The standard InChI is InChI=1S/C19H17ClN2O4/c20-14-7-5-13(6-8-14)19(9-1-2-10-19)18(23)25-12-16-21-22-17(26-16)15-4-3-11-24-15/h3-8,11H,1-2,9-10,12H2. The van der Waals surface area contributed by atoms with E-state index in [1.165, 1.54) is 6.26 Å². The maximum atomic E-state index is 12.9. The lowest BCUT2D eigenvalue weighted by Gasteiger charge is -2.27. The third-order valence-electron chi connectivity index (χ3n) is 4.77. The van der Waals surface area contributed by atoms with Crippen molar-refractivity contribution in [1.29, 1.82) is 0 Å². The van der Waals surface area contributed by atoms with Gasteiger partial charge in [-0.2, -0.15) is 0 Å². The zero-order chi connectivity index (χ0) is 18.0. The smallest absolute Gasteiger partial charge is 0.317 e. The number of esters is 1. The van der Waals surface area contributed by atoms with Crippen LogP contribution in [0.4, 0.5) is 0 Å². The van der Waals surface area contributed by atoms with Gasteiger partial charge in [-0.1, -0.05) is 36.6 Å². The van der Waals surface area contributed by atoms with Gasteiger partial charge in [-0.3, -0.25) is 4.79 Å². The first-order valence-corrected chi connectivity index (χ1v) is 8.85. The number of hydrogen-bond donors (Lipinski definition) is 0. The number of ether oxygens (including phenoxy) is 1. The predicted octanol–water partition coefficient (Wildman–Crippen LogP) is 4.54. The Balaban J connectivity index is 1.48. The lowest BCUT2D eigenvalue weighted by atomic mass is 9.79. The van der Waals surface area contributed by atoms with Gasteiger partial charge in [-0.05, 0) is 42.7 Å². The predicted molar refractivity (Wildman–Crippen MR) is 93.4 cm³/mol. The molecule has 0 N–H and O–H groups in total. The van der Waals surface area contributed by atoms with Gasteiger partial charge in [0.1, 0.15) is 0 Å². The van der Waals surface area contributed by atoms with E-state index in [1.807, 2.05) is 12.1 Å². The van der Waals surface area contributed by atoms with Crippen molar-refractivity contribution in [2.75, 3.05) is 0 Å². The highest BCUT2D eigenvalue weighted by Gasteiger charge is 2.44. The van der Waals surface area contributed by atoms with Crippen LogP contribution in [0.1, 0.15) is 37.1 Å². The lowest BCUT2D eigenvalue weighted by Crippen LogP contribution is -2.34. The molecule has 6 nitrogen and oxygen atoms in total. The highest BCUT2D eigenvalue weighted by atomic mass is 35.5. The first-order chi connectivity index (χ1) is 12.7. The van der Waals surface area contributed by atoms with E-state index in [0.717, 1.165) is 31.2 Å². The van der Waals surface area contributed by atoms with Gasteiger partial charge in [0.25, 0.3) is 11.8 Å². The molecule has 0 saturated heterocycles. The molecule has 0 aliphatic heterocycles. The number of benzene rings is 1. The first-order valence-electron chi connectivity index (χ1n) is 8.47. The van der Waals surface area contributed by atoms with Crippen LogP contribution in [0.25, 0.3) is 11.7 Å². The van der Waals surface area contributed by atoms with Gasteiger partial charge in [0.2, 0.25) is 0 Å². The van der Waals surface area contributed by atoms with Gasteiger partial charge in [0.05, 0.1) is 11.7 Å². The van der Waals surface area contributed by atoms with Crippen LogP contribution in [0.3, 0.4) is 0 Å². The number of rotatable bonds is 5. The summed E-state index contributed by atoms with van der Waals surface area (Å²) in [5.41, 5.74) is 0.306. The molecule has 7 heteroatoms. The maximum Gasteiger partial charge on any atom is 0.317 e. The highest BCUT2D eigenvalue weighted by Crippen LogP contribution is 2.42. The summed E-state index contributed by atoms with van der Waals surface area (Å²) in [6.07, 6.45) is 5.01. The SMILES string of the molecule is O=C(OCc1nnc(-c2ccco2)o1)C1(c2ccc(Cl)cc2)CCCC1. The molecule has 0 atom stereocenters. The van der Waals surface area contributed by atoms with Crippen molar-refractivity contribution in [2.24, 2.45) is 0 Å². The monoisotopic (exact) mass is 372 g/mol. The third kappa shape index (κ3) is 3.12. The first kappa shape index (κ1) is 16.8. The molecule has 1 saturated carbocycles. The topological polar surface area (TPSA) is 78.4 Å². The summed E-state index contributed by atoms with van der Waals surface area (Å²) in [6, 6.07) is 10.9.